The number of halogens is 3. The zero-order valence-corrected chi connectivity index (χ0v) is 8.23. The lowest BCUT2D eigenvalue weighted by Gasteiger charge is -2.29. The summed E-state index contributed by atoms with van der Waals surface area (Å²) in [4.78, 5) is 1.94. The zero-order chi connectivity index (χ0) is 11.1. The molecule has 0 fully saturated rings. The molecule has 5 heteroatoms. The average molecular weight is 216 g/mol. The molecular formula is C10H11F3N2. The molecule has 0 bridgehead atoms. The van der Waals surface area contributed by atoms with Gasteiger partial charge in [0, 0.05) is 20.1 Å². The highest BCUT2D eigenvalue weighted by Gasteiger charge is 2.31. The van der Waals surface area contributed by atoms with Crippen molar-refractivity contribution in [2.24, 2.45) is 0 Å². The molecule has 0 radical (unpaired) electrons. The third-order valence-electron chi connectivity index (χ3n) is 2.50. The third-order valence-corrected chi connectivity index (χ3v) is 2.50. The van der Waals surface area contributed by atoms with Crippen molar-refractivity contribution in [2.45, 2.75) is 6.18 Å². The van der Waals surface area contributed by atoms with Crippen LogP contribution < -0.4 is 10.2 Å². The molecule has 15 heavy (non-hydrogen) atoms. The van der Waals surface area contributed by atoms with Crippen molar-refractivity contribution in [3.8, 4) is 0 Å². The van der Waals surface area contributed by atoms with E-state index in [9.17, 15) is 13.2 Å². The Morgan fingerprint density at radius 1 is 1.33 bits per heavy atom. The van der Waals surface area contributed by atoms with E-state index in [-0.39, 0.29) is 0 Å². The summed E-state index contributed by atoms with van der Waals surface area (Å²) in [6.07, 6.45) is -4.27. The lowest BCUT2D eigenvalue weighted by Crippen LogP contribution is -2.30. The molecule has 1 aliphatic rings. The summed E-state index contributed by atoms with van der Waals surface area (Å²) in [6, 6.07) is 3.78. The Hall–Kier alpha value is -1.39. The van der Waals surface area contributed by atoms with Crippen LogP contribution in [-0.4, -0.2) is 20.1 Å². The van der Waals surface area contributed by atoms with Gasteiger partial charge in [0.25, 0.3) is 0 Å². The molecule has 1 aromatic carbocycles. The van der Waals surface area contributed by atoms with Gasteiger partial charge >= 0.3 is 6.18 Å². The lowest BCUT2D eigenvalue weighted by atomic mass is 10.1. The van der Waals surface area contributed by atoms with Crippen molar-refractivity contribution in [2.75, 3.05) is 30.4 Å². The first kappa shape index (κ1) is 10.1. The fourth-order valence-corrected chi connectivity index (χ4v) is 1.67. The molecule has 0 aromatic heterocycles. The van der Waals surface area contributed by atoms with Gasteiger partial charge in [-0.3, -0.25) is 0 Å². The van der Waals surface area contributed by atoms with Gasteiger partial charge in [-0.05, 0) is 18.2 Å². The Morgan fingerprint density at radius 3 is 2.73 bits per heavy atom. The number of likely N-dealkylation sites (N-methyl/N-ethyl adjacent to an activating group) is 1. The minimum Gasteiger partial charge on any atom is -0.382 e. The van der Waals surface area contributed by atoms with Gasteiger partial charge < -0.3 is 10.2 Å². The van der Waals surface area contributed by atoms with E-state index in [1.807, 2.05) is 11.9 Å². The first-order valence-corrected chi connectivity index (χ1v) is 4.65. The molecular weight excluding hydrogens is 205 g/mol. The molecule has 0 saturated carbocycles. The second-order valence-electron chi connectivity index (χ2n) is 3.58. The molecule has 82 valence electrons. The van der Waals surface area contributed by atoms with Gasteiger partial charge in [-0.2, -0.15) is 13.2 Å². The summed E-state index contributed by atoms with van der Waals surface area (Å²) < 4.78 is 37.2. The SMILES string of the molecule is CN1CCNc2cc(C(F)(F)F)ccc21. The Bertz CT molecular complexity index is 373. The van der Waals surface area contributed by atoms with Crippen molar-refractivity contribution in [3.63, 3.8) is 0 Å². The summed E-state index contributed by atoms with van der Waals surface area (Å²) in [6.45, 7) is 1.48. The second kappa shape index (κ2) is 3.32. The summed E-state index contributed by atoms with van der Waals surface area (Å²) in [5, 5.41) is 2.96. The van der Waals surface area contributed by atoms with Crippen LogP contribution in [-0.2, 0) is 6.18 Å². The quantitative estimate of drug-likeness (QED) is 0.717. The number of nitrogens with one attached hydrogen (secondary N) is 1. The van der Waals surface area contributed by atoms with E-state index in [1.54, 1.807) is 0 Å². The van der Waals surface area contributed by atoms with Crippen LogP contribution in [0.25, 0.3) is 0 Å². The highest BCUT2D eigenvalue weighted by molar-refractivity contribution is 5.72. The van der Waals surface area contributed by atoms with Gasteiger partial charge in [0.05, 0.1) is 16.9 Å². The smallest absolute Gasteiger partial charge is 0.382 e. The zero-order valence-electron chi connectivity index (χ0n) is 8.23. The number of nitrogens with zero attached hydrogens (tertiary/aromatic N) is 1. The highest BCUT2D eigenvalue weighted by Crippen LogP contribution is 2.35. The summed E-state index contributed by atoms with van der Waals surface area (Å²) >= 11 is 0. The molecule has 1 aliphatic heterocycles. The van der Waals surface area contributed by atoms with Crippen LogP contribution in [0.2, 0.25) is 0 Å². The number of hydrogen-bond donors (Lipinski definition) is 1. The van der Waals surface area contributed by atoms with E-state index >= 15 is 0 Å². The molecule has 0 aliphatic carbocycles. The number of rotatable bonds is 0. The molecule has 0 atom stereocenters. The fourth-order valence-electron chi connectivity index (χ4n) is 1.67. The lowest BCUT2D eigenvalue weighted by molar-refractivity contribution is -0.137. The third kappa shape index (κ3) is 1.86. The first-order chi connectivity index (χ1) is 6.98. The Kier molecular flexibility index (Phi) is 2.25. The number of anilines is 2. The van der Waals surface area contributed by atoms with Crippen molar-refractivity contribution in [1.82, 2.24) is 0 Å². The predicted molar refractivity (Wildman–Crippen MR) is 53.2 cm³/mol. The van der Waals surface area contributed by atoms with Crippen molar-refractivity contribution < 1.29 is 13.2 Å². The van der Waals surface area contributed by atoms with Crippen LogP contribution in [0.1, 0.15) is 5.56 Å². The maximum atomic E-state index is 12.4. The summed E-state index contributed by atoms with van der Waals surface area (Å²) in [5.74, 6) is 0. The van der Waals surface area contributed by atoms with Crippen LogP contribution in [0.15, 0.2) is 18.2 Å². The van der Waals surface area contributed by atoms with Gasteiger partial charge in [-0.15, -0.1) is 0 Å². The van der Waals surface area contributed by atoms with Crippen LogP contribution in [0.5, 0.6) is 0 Å². The standard InChI is InChI=1S/C10H11F3N2/c1-15-5-4-14-8-6-7(10(11,12)13)2-3-9(8)15/h2-3,6,14H,4-5H2,1H3. The molecule has 1 heterocycles. The Balaban J connectivity index is 2.42. The predicted octanol–water partition coefficient (Wildman–Crippen LogP) is 2.57. The van der Waals surface area contributed by atoms with Crippen molar-refractivity contribution >= 4 is 11.4 Å². The van der Waals surface area contributed by atoms with Gasteiger partial charge in [-0.25, -0.2) is 0 Å². The van der Waals surface area contributed by atoms with E-state index in [0.717, 1.165) is 24.4 Å². The van der Waals surface area contributed by atoms with E-state index in [1.165, 1.54) is 6.07 Å². The van der Waals surface area contributed by atoms with Crippen LogP contribution in [0.3, 0.4) is 0 Å². The maximum Gasteiger partial charge on any atom is 0.416 e. The topological polar surface area (TPSA) is 15.3 Å². The molecule has 2 rings (SSSR count). The Morgan fingerprint density at radius 2 is 2.07 bits per heavy atom. The molecule has 2 nitrogen and oxygen atoms in total. The Labute approximate surface area is 85.7 Å². The number of alkyl halides is 3. The maximum absolute atomic E-state index is 12.4. The van der Waals surface area contributed by atoms with Gasteiger partial charge in [0.15, 0.2) is 0 Å². The number of benzene rings is 1. The fraction of sp³-hybridized carbons (Fsp3) is 0.400. The molecule has 1 aromatic rings. The number of hydrogen-bond acceptors (Lipinski definition) is 2. The van der Waals surface area contributed by atoms with Gasteiger partial charge in [0.1, 0.15) is 0 Å². The van der Waals surface area contributed by atoms with Crippen molar-refractivity contribution in [3.05, 3.63) is 23.8 Å². The minimum atomic E-state index is -4.27. The van der Waals surface area contributed by atoms with Crippen LogP contribution in [0, 0.1) is 0 Å². The first-order valence-electron chi connectivity index (χ1n) is 4.65. The molecule has 0 saturated heterocycles. The molecule has 1 N–H and O–H groups in total. The average Bonchev–Trinajstić information content (AvgIpc) is 2.16. The summed E-state index contributed by atoms with van der Waals surface area (Å²) in [7, 11) is 1.87. The van der Waals surface area contributed by atoms with E-state index in [0.29, 0.717) is 12.2 Å². The molecule has 0 spiro atoms. The normalized spacial score (nSPS) is 15.9. The van der Waals surface area contributed by atoms with Crippen molar-refractivity contribution in [1.29, 1.82) is 0 Å². The van der Waals surface area contributed by atoms with Crippen LogP contribution in [0.4, 0.5) is 24.5 Å². The van der Waals surface area contributed by atoms with E-state index in [2.05, 4.69) is 5.32 Å². The van der Waals surface area contributed by atoms with Crippen LogP contribution >= 0.6 is 0 Å². The minimum absolute atomic E-state index is 0.554. The largest absolute Gasteiger partial charge is 0.416 e. The highest BCUT2D eigenvalue weighted by atomic mass is 19.4. The van der Waals surface area contributed by atoms with E-state index in [4.69, 9.17) is 0 Å². The van der Waals surface area contributed by atoms with E-state index < -0.39 is 11.7 Å². The van der Waals surface area contributed by atoms with Gasteiger partial charge in [0.2, 0.25) is 0 Å². The molecule has 0 amide bonds. The monoisotopic (exact) mass is 216 g/mol. The summed E-state index contributed by atoms with van der Waals surface area (Å²) in [5.41, 5.74) is 0.761. The molecule has 0 unspecified atom stereocenters. The van der Waals surface area contributed by atoms with Gasteiger partial charge in [-0.1, -0.05) is 0 Å². The second-order valence-corrected chi connectivity index (χ2v) is 3.58. The number of fused-ring (bicyclic) bond motifs is 1.